The van der Waals surface area contributed by atoms with Crippen molar-refractivity contribution in [1.82, 2.24) is 10.4 Å². The molecule has 1 amide bonds. The molecule has 0 unspecified atom stereocenters. The molecule has 1 aromatic heterocycles. The van der Waals surface area contributed by atoms with Crippen LogP contribution >= 0.6 is 0 Å². The number of nitrogens with zero attached hydrogens (tertiary/aromatic N) is 2. The van der Waals surface area contributed by atoms with Crippen LogP contribution in [0.5, 0.6) is 0 Å². The van der Waals surface area contributed by atoms with Gasteiger partial charge in [0, 0.05) is 18.1 Å². The Morgan fingerprint density at radius 3 is 2.45 bits per heavy atom. The summed E-state index contributed by atoms with van der Waals surface area (Å²) in [5.74, 6) is -0.0852. The molecule has 31 heavy (non-hydrogen) atoms. The van der Waals surface area contributed by atoms with Gasteiger partial charge in [-0.05, 0) is 42.4 Å². The number of nitrogens with two attached hydrogens (primary N) is 2. The number of Topliss-reactive ketones (excluding diaryl/α,β-unsaturated/α-hetero) is 1. The zero-order valence-electron chi connectivity index (χ0n) is 17.9. The average Bonchev–Trinajstić information content (AvgIpc) is 3.17. The summed E-state index contributed by atoms with van der Waals surface area (Å²) in [5.41, 5.74) is 15.6. The van der Waals surface area contributed by atoms with Gasteiger partial charge in [0.2, 0.25) is 5.91 Å². The summed E-state index contributed by atoms with van der Waals surface area (Å²) < 4.78 is 5.28. The van der Waals surface area contributed by atoms with Crippen LogP contribution < -0.4 is 11.5 Å². The summed E-state index contributed by atoms with van der Waals surface area (Å²) in [7, 11) is 0. The third-order valence-electron chi connectivity index (χ3n) is 5.29. The van der Waals surface area contributed by atoms with Crippen molar-refractivity contribution in [3.63, 3.8) is 0 Å². The molecule has 0 aliphatic rings. The molecule has 7 nitrogen and oxygen atoms in total. The standard InChI is InChI=1S/C24H28N4O3/c1-15-6-5-7-17(10-15)13-22-23(27-28-31-22)21(29)12-16(2)11-18-8-3-4-9-19(18)14-20(25)24(26)30/h3-10,16,20H,11-14,25H2,1-2H3,(H2,26,30)/t16-,20-/m0/s1. The van der Waals surface area contributed by atoms with E-state index < -0.39 is 11.9 Å². The molecule has 0 radical (unpaired) electrons. The summed E-state index contributed by atoms with van der Waals surface area (Å²) in [5, 5.41) is 7.55. The number of aryl methyl sites for hydroxylation is 1. The van der Waals surface area contributed by atoms with Crippen LogP contribution in [0, 0.1) is 12.8 Å². The third kappa shape index (κ3) is 6.08. The highest BCUT2D eigenvalue weighted by Crippen LogP contribution is 2.21. The van der Waals surface area contributed by atoms with Gasteiger partial charge in [-0.15, -0.1) is 5.10 Å². The molecule has 0 bridgehead atoms. The predicted octanol–water partition coefficient (Wildman–Crippen LogP) is 2.78. The lowest BCUT2D eigenvalue weighted by Crippen LogP contribution is -2.38. The van der Waals surface area contributed by atoms with Crippen molar-refractivity contribution < 1.29 is 14.1 Å². The van der Waals surface area contributed by atoms with Gasteiger partial charge in [-0.2, -0.15) is 0 Å². The number of rotatable bonds is 10. The van der Waals surface area contributed by atoms with E-state index in [1.165, 1.54) is 0 Å². The zero-order valence-corrected chi connectivity index (χ0v) is 17.9. The minimum Gasteiger partial charge on any atom is -0.368 e. The molecule has 3 rings (SSSR count). The summed E-state index contributed by atoms with van der Waals surface area (Å²) in [4.78, 5) is 24.2. The predicted molar refractivity (Wildman–Crippen MR) is 117 cm³/mol. The van der Waals surface area contributed by atoms with Crippen molar-refractivity contribution in [2.45, 2.75) is 45.6 Å². The van der Waals surface area contributed by atoms with E-state index in [1.54, 1.807) is 0 Å². The quantitative estimate of drug-likeness (QED) is 0.486. The topological polar surface area (TPSA) is 125 Å². The van der Waals surface area contributed by atoms with E-state index in [0.717, 1.165) is 22.3 Å². The Morgan fingerprint density at radius 2 is 1.77 bits per heavy atom. The van der Waals surface area contributed by atoms with Gasteiger partial charge >= 0.3 is 0 Å². The minimum absolute atomic E-state index is 0.0574. The molecule has 1 heterocycles. The first-order valence-electron chi connectivity index (χ1n) is 10.3. The Labute approximate surface area is 181 Å². The lowest BCUT2D eigenvalue weighted by molar-refractivity contribution is -0.119. The number of primary amides is 1. The maximum Gasteiger partial charge on any atom is 0.234 e. The van der Waals surface area contributed by atoms with E-state index >= 15 is 0 Å². The van der Waals surface area contributed by atoms with Crippen LogP contribution in [-0.2, 0) is 24.1 Å². The summed E-state index contributed by atoms with van der Waals surface area (Å²) in [6, 6.07) is 15.1. The Hall–Kier alpha value is -3.32. The highest BCUT2D eigenvalue weighted by Gasteiger charge is 2.22. The fourth-order valence-corrected chi connectivity index (χ4v) is 3.70. The Bertz CT molecular complexity index is 1060. The van der Waals surface area contributed by atoms with Gasteiger partial charge in [-0.25, -0.2) is 0 Å². The molecule has 0 saturated heterocycles. The van der Waals surface area contributed by atoms with Gasteiger partial charge in [-0.3, -0.25) is 9.59 Å². The summed E-state index contributed by atoms with van der Waals surface area (Å²) in [6.45, 7) is 4.03. The zero-order chi connectivity index (χ0) is 22.4. The van der Waals surface area contributed by atoms with Crippen LogP contribution in [0.25, 0.3) is 0 Å². The van der Waals surface area contributed by atoms with E-state index in [1.807, 2.05) is 62.4 Å². The fraction of sp³-hybridized carbons (Fsp3) is 0.333. The van der Waals surface area contributed by atoms with Crippen LogP contribution in [0.3, 0.4) is 0 Å². The number of hydrogen-bond donors (Lipinski definition) is 2. The van der Waals surface area contributed by atoms with E-state index in [9.17, 15) is 9.59 Å². The number of amides is 1. The van der Waals surface area contributed by atoms with Crippen molar-refractivity contribution in [2.24, 2.45) is 17.4 Å². The molecule has 0 aliphatic heterocycles. The van der Waals surface area contributed by atoms with E-state index in [0.29, 0.717) is 31.4 Å². The second kappa shape index (κ2) is 10.1. The van der Waals surface area contributed by atoms with E-state index in [-0.39, 0.29) is 17.4 Å². The lowest BCUT2D eigenvalue weighted by atomic mass is 9.90. The monoisotopic (exact) mass is 420 g/mol. The van der Waals surface area contributed by atoms with Crippen molar-refractivity contribution in [3.05, 3.63) is 82.2 Å². The molecule has 4 N–H and O–H groups in total. The molecule has 2 aromatic carbocycles. The molecule has 0 fully saturated rings. The number of hydrogen-bond acceptors (Lipinski definition) is 6. The van der Waals surface area contributed by atoms with Crippen LogP contribution in [-0.4, -0.2) is 28.1 Å². The fourth-order valence-electron chi connectivity index (χ4n) is 3.70. The molecule has 0 spiro atoms. The van der Waals surface area contributed by atoms with Crippen LogP contribution in [0.1, 0.15) is 51.8 Å². The third-order valence-corrected chi connectivity index (χ3v) is 5.29. The van der Waals surface area contributed by atoms with Crippen molar-refractivity contribution in [1.29, 1.82) is 0 Å². The number of benzene rings is 2. The SMILES string of the molecule is Cc1cccc(Cc2onnc2C(=O)C[C@@H](C)Cc2ccccc2C[C@H](N)C(N)=O)c1. The molecule has 0 aliphatic carbocycles. The lowest BCUT2D eigenvalue weighted by Gasteiger charge is -2.16. The average molecular weight is 421 g/mol. The van der Waals surface area contributed by atoms with Crippen LogP contribution in [0.4, 0.5) is 0 Å². The number of ketones is 1. The van der Waals surface area contributed by atoms with E-state index in [2.05, 4.69) is 10.4 Å². The Morgan fingerprint density at radius 1 is 1.06 bits per heavy atom. The Kier molecular flexibility index (Phi) is 7.31. The first-order valence-corrected chi connectivity index (χ1v) is 10.3. The normalized spacial score (nSPS) is 13.0. The molecule has 3 aromatic rings. The summed E-state index contributed by atoms with van der Waals surface area (Å²) in [6.07, 6.45) is 1.83. The molecule has 0 saturated carbocycles. The van der Waals surface area contributed by atoms with Gasteiger partial charge < -0.3 is 16.0 Å². The molecule has 7 heteroatoms. The maximum atomic E-state index is 12.9. The maximum absolute atomic E-state index is 12.9. The number of aromatic nitrogens is 2. The molecule has 2 atom stereocenters. The van der Waals surface area contributed by atoms with Crippen molar-refractivity contribution in [3.8, 4) is 0 Å². The first-order chi connectivity index (χ1) is 14.8. The summed E-state index contributed by atoms with van der Waals surface area (Å²) >= 11 is 0. The Balaban J connectivity index is 1.66. The van der Waals surface area contributed by atoms with Gasteiger partial charge in [0.05, 0.1) is 6.04 Å². The smallest absolute Gasteiger partial charge is 0.234 e. The minimum atomic E-state index is -0.733. The molecule has 162 valence electrons. The first kappa shape index (κ1) is 22.4. The van der Waals surface area contributed by atoms with E-state index in [4.69, 9.17) is 16.0 Å². The second-order valence-electron chi connectivity index (χ2n) is 8.13. The second-order valence-corrected chi connectivity index (χ2v) is 8.13. The highest BCUT2D eigenvalue weighted by atomic mass is 16.5. The van der Waals surface area contributed by atoms with Gasteiger partial charge in [0.15, 0.2) is 17.2 Å². The van der Waals surface area contributed by atoms with Gasteiger partial charge in [-0.1, -0.05) is 61.0 Å². The molecular formula is C24H28N4O3. The largest absolute Gasteiger partial charge is 0.368 e. The van der Waals surface area contributed by atoms with Crippen LogP contribution in [0.2, 0.25) is 0 Å². The van der Waals surface area contributed by atoms with Crippen molar-refractivity contribution >= 4 is 11.7 Å². The number of carbonyl (C=O) groups excluding carboxylic acids is 2. The van der Waals surface area contributed by atoms with Crippen molar-refractivity contribution in [2.75, 3.05) is 0 Å². The van der Waals surface area contributed by atoms with Gasteiger partial charge in [0.25, 0.3) is 0 Å². The molecular weight excluding hydrogens is 392 g/mol. The van der Waals surface area contributed by atoms with Crippen LogP contribution in [0.15, 0.2) is 53.1 Å². The van der Waals surface area contributed by atoms with Gasteiger partial charge in [0.1, 0.15) is 0 Å². The number of carbonyl (C=O) groups is 2. The highest BCUT2D eigenvalue weighted by molar-refractivity contribution is 5.95.